The summed E-state index contributed by atoms with van der Waals surface area (Å²) in [5.41, 5.74) is -0.610. The molecule has 1 saturated heterocycles. The van der Waals surface area contributed by atoms with Gasteiger partial charge in [-0.3, -0.25) is 4.99 Å². The minimum absolute atomic E-state index is 0. The zero-order valence-corrected chi connectivity index (χ0v) is 16.3. The minimum Gasteiger partial charge on any atom is -0.387 e. The molecule has 0 saturated carbocycles. The van der Waals surface area contributed by atoms with Crippen LogP contribution in [0.1, 0.15) is 18.2 Å². The van der Waals surface area contributed by atoms with Gasteiger partial charge in [-0.05, 0) is 37.0 Å². The first-order valence-electron chi connectivity index (χ1n) is 7.06. The Kier molecular flexibility index (Phi) is 9.00. The maximum absolute atomic E-state index is 10.3. The van der Waals surface area contributed by atoms with Gasteiger partial charge in [-0.25, -0.2) is 0 Å². The molecule has 0 amide bonds. The van der Waals surface area contributed by atoms with Crippen LogP contribution < -0.4 is 10.6 Å². The van der Waals surface area contributed by atoms with Crippen molar-refractivity contribution in [1.29, 1.82) is 0 Å². The van der Waals surface area contributed by atoms with E-state index in [-0.39, 0.29) is 24.0 Å². The van der Waals surface area contributed by atoms with Crippen LogP contribution in [-0.4, -0.2) is 47.8 Å². The lowest BCUT2D eigenvalue weighted by Gasteiger charge is -2.19. The molecule has 1 aromatic rings. The highest BCUT2D eigenvalue weighted by molar-refractivity contribution is 14.0. The zero-order valence-electron chi connectivity index (χ0n) is 12.3. The summed E-state index contributed by atoms with van der Waals surface area (Å²) in [5, 5.41) is 19.0. The van der Waals surface area contributed by atoms with Gasteiger partial charge in [0, 0.05) is 23.7 Å². The maximum Gasteiger partial charge on any atom is 0.191 e. The van der Waals surface area contributed by atoms with E-state index in [0.29, 0.717) is 6.54 Å². The fourth-order valence-electron chi connectivity index (χ4n) is 2.05. The molecule has 1 aliphatic rings. The molecule has 2 rings (SSSR count). The van der Waals surface area contributed by atoms with Gasteiger partial charge in [0.2, 0.25) is 0 Å². The van der Waals surface area contributed by atoms with Gasteiger partial charge in [0.15, 0.2) is 5.96 Å². The van der Waals surface area contributed by atoms with Crippen molar-refractivity contribution in [2.45, 2.75) is 25.4 Å². The maximum atomic E-state index is 10.3. The molecule has 0 aromatic carbocycles. The van der Waals surface area contributed by atoms with Crippen molar-refractivity contribution in [3.05, 3.63) is 22.4 Å². The Hall–Kier alpha value is 0.01000. The van der Waals surface area contributed by atoms with Gasteiger partial charge in [-0.2, -0.15) is 11.8 Å². The van der Waals surface area contributed by atoms with Crippen LogP contribution in [0.2, 0.25) is 0 Å². The van der Waals surface area contributed by atoms with E-state index in [1.807, 2.05) is 0 Å². The molecule has 1 atom stereocenters. The van der Waals surface area contributed by atoms with Gasteiger partial charge >= 0.3 is 0 Å². The normalized spacial score (nSPS) is 21.9. The minimum atomic E-state index is -0.610. The van der Waals surface area contributed by atoms with Crippen molar-refractivity contribution in [2.75, 3.05) is 31.1 Å². The third-order valence-electron chi connectivity index (χ3n) is 3.20. The third kappa shape index (κ3) is 6.75. The molecular formula is C14H24IN3OS2. The molecule has 1 fully saturated rings. The summed E-state index contributed by atoms with van der Waals surface area (Å²) in [6, 6.07) is 4.22. The number of halogens is 1. The molecule has 0 aliphatic carbocycles. The van der Waals surface area contributed by atoms with Crippen molar-refractivity contribution in [2.24, 2.45) is 4.99 Å². The first-order chi connectivity index (χ1) is 9.72. The van der Waals surface area contributed by atoms with Gasteiger partial charge in [0.1, 0.15) is 0 Å². The molecule has 4 nitrogen and oxygen atoms in total. The molecule has 0 radical (unpaired) electrons. The summed E-state index contributed by atoms with van der Waals surface area (Å²) in [5.74, 6) is 2.63. The van der Waals surface area contributed by atoms with Crippen LogP contribution in [0.5, 0.6) is 0 Å². The van der Waals surface area contributed by atoms with Crippen molar-refractivity contribution >= 4 is 53.0 Å². The van der Waals surface area contributed by atoms with Gasteiger partial charge in [-0.1, -0.05) is 6.07 Å². The van der Waals surface area contributed by atoms with Crippen LogP contribution in [0.3, 0.4) is 0 Å². The Balaban J connectivity index is 0.00000220. The molecule has 0 bridgehead atoms. The molecular weight excluding hydrogens is 417 g/mol. The second kappa shape index (κ2) is 9.91. The first kappa shape index (κ1) is 19.1. The average Bonchev–Trinajstić information content (AvgIpc) is 3.08. The van der Waals surface area contributed by atoms with Crippen LogP contribution in [0, 0.1) is 0 Å². The van der Waals surface area contributed by atoms with Crippen molar-refractivity contribution in [3.63, 3.8) is 0 Å². The van der Waals surface area contributed by atoms with Crippen LogP contribution in [0.15, 0.2) is 22.5 Å². The Morgan fingerprint density at radius 2 is 2.33 bits per heavy atom. The Morgan fingerprint density at radius 3 is 2.95 bits per heavy atom. The van der Waals surface area contributed by atoms with Crippen molar-refractivity contribution < 1.29 is 5.11 Å². The van der Waals surface area contributed by atoms with E-state index in [1.165, 1.54) is 4.88 Å². The van der Waals surface area contributed by atoms with Crippen LogP contribution >= 0.6 is 47.1 Å². The fraction of sp³-hybridized carbons (Fsp3) is 0.643. The highest BCUT2D eigenvalue weighted by atomic mass is 127. The second-order valence-electron chi connectivity index (χ2n) is 4.98. The molecule has 1 unspecified atom stereocenters. The summed E-state index contributed by atoms with van der Waals surface area (Å²) in [6.07, 6.45) is 1.85. The van der Waals surface area contributed by atoms with E-state index in [9.17, 15) is 5.11 Å². The van der Waals surface area contributed by atoms with Crippen LogP contribution in [-0.2, 0) is 6.42 Å². The van der Waals surface area contributed by atoms with E-state index < -0.39 is 5.60 Å². The van der Waals surface area contributed by atoms with Gasteiger partial charge in [-0.15, -0.1) is 35.3 Å². The third-order valence-corrected chi connectivity index (χ3v) is 5.37. The number of rotatable bonds is 6. The monoisotopic (exact) mass is 441 g/mol. The number of hydrogen-bond donors (Lipinski definition) is 3. The molecule has 1 aromatic heterocycles. The summed E-state index contributed by atoms with van der Waals surface area (Å²) < 4.78 is 0. The van der Waals surface area contributed by atoms with Crippen molar-refractivity contribution in [3.8, 4) is 0 Å². The smallest absolute Gasteiger partial charge is 0.191 e. The van der Waals surface area contributed by atoms with E-state index in [0.717, 1.165) is 43.4 Å². The number of thiophene rings is 1. The highest BCUT2D eigenvalue weighted by Crippen LogP contribution is 2.27. The number of nitrogens with one attached hydrogen (secondary N) is 2. The van der Waals surface area contributed by atoms with Gasteiger partial charge in [0.05, 0.1) is 12.1 Å². The largest absolute Gasteiger partial charge is 0.387 e. The molecule has 2 heterocycles. The predicted molar refractivity (Wildman–Crippen MR) is 104 cm³/mol. The number of aliphatic imine (C=N–C) groups is 1. The summed E-state index contributed by atoms with van der Waals surface area (Å²) in [4.78, 5) is 5.89. The molecule has 0 spiro atoms. The Bertz CT molecular complexity index is 420. The zero-order chi connectivity index (χ0) is 14.3. The molecule has 120 valence electrons. The lowest BCUT2D eigenvalue weighted by atomic mass is 10.1. The standard InChI is InChI=1S/C14H23N3OS2.HI/c1-2-15-13(16-7-5-12-4-3-8-20-12)17-10-14(18)6-9-19-11-14;/h3-4,8,18H,2,5-7,9-11H2,1H3,(H2,15,16,17);1H. The molecule has 7 heteroatoms. The highest BCUT2D eigenvalue weighted by Gasteiger charge is 2.31. The Morgan fingerprint density at radius 1 is 1.48 bits per heavy atom. The van der Waals surface area contributed by atoms with Gasteiger partial charge < -0.3 is 15.7 Å². The fourth-order valence-corrected chi connectivity index (χ4v) is 4.04. The van der Waals surface area contributed by atoms with Gasteiger partial charge in [0.25, 0.3) is 0 Å². The van der Waals surface area contributed by atoms with Crippen molar-refractivity contribution in [1.82, 2.24) is 10.6 Å². The number of guanidine groups is 1. The quantitative estimate of drug-likeness (QED) is 0.361. The van der Waals surface area contributed by atoms with Crippen LogP contribution in [0.25, 0.3) is 0 Å². The molecule has 21 heavy (non-hydrogen) atoms. The van der Waals surface area contributed by atoms with E-state index in [2.05, 4.69) is 40.1 Å². The number of aliphatic hydroxyl groups is 1. The summed E-state index contributed by atoms with van der Waals surface area (Å²) >= 11 is 3.58. The number of nitrogens with zero attached hydrogens (tertiary/aromatic N) is 1. The number of hydrogen-bond acceptors (Lipinski definition) is 4. The summed E-state index contributed by atoms with van der Waals surface area (Å²) in [7, 11) is 0. The molecule has 3 N–H and O–H groups in total. The van der Waals surface area contributed by atoms with Crippen LogP contribution in [0.4, 0.5) is 0 Å². The second-order valence-corrected chi connectivity index (χ2v) is 7.12. The predicted octanol–water partition coefficient (Wildman–Crippen LogP) is 2.33. The Labute approximate surface area is 152 Å². The average molecular weight is 441 g/mol. The lowest BCUT2D eigenvalue weighted by molar-refractivity contribution is 0.0778. The van der Waals surface area contributed by atoms with E-state index in [4.69, 9.17) is 0 Å². The first-order valence-corrected chi connectivity index (χ1v) is 9.10. The molecule has 1 aliphatic heterocycles. The van der Waals surface area contributed by atoms with E-state index in [1.54, 1.807) is 23.1 Å². The van der Waals surface area contributed by atoms with E-state index >= 15 is 0 Å². The SMILES string of the molecule is CCNC(=NCC1(O)CCSC1)NCCc1cccs1.I. The lowest BCUT2D eigenvalue weighted by Crippen LogP contribution is -2.40. The topological polar surface area (TPSA) is 56.7 Å². The summed E-state index contributed by atoms with van der Waals surface area (Å²) in [6.45, 7) is 4.22. The number of thioether (sulfide) groups is 1.